The lowest BCUT2D eigenvalue weighted by Crippen LogP contribution is -2.52. The predicted octanol–water partition coefficient (Wildman–Crippen LogP) is 0.497. The van der Waals surface area contributed by atoms with E-state index in [1.54, 1.807) is 18.2 Å². The van der Waals surface area contributed by atoms with Gasteiger partial charge in [-0.1, -0.05) is 5.11 Å². The molecule has 0 aromatic heterocycles. The number of azide groups is 1. The van der Waals surface area contributed by atoms with E-state index in [9.17, 15) is 24.3 Å². The molecule has 14 heteroatoms. The first-order valence-corrected chi connectivity index (χ1v) is 11.9. The van der Waals surface area contributed by atoms with Crippen molar-refractivity contribution >= 4 is 29.3 Å². The maximum Gasteiger partial charge on any atom is 0.255 e. The van der Waals surface area contributed by atoms with E-state index in [1.165, 1.54) is 4.90 Å². The highest BCUT2D eigenvalue weighted by molar-refractivity contribution is 6.05. The lowest BCUT2D eigenvalue weighted by atomic mass is 10.0. The number of rotatable bonds is 15. The third kappa shape index (κ3) is 8.51. The Balaban J connectivity index is 1.31. The first kappa shape index (κ1) is 28.0. The molecule has 2 heterocycles. The maximum atomic E-state index is 12.7. The molecule has 200 valence electrons. The number of hydrogen-bond acceptors (Lipinski definition) is 9. The Hall–Kier alpha value is -3.55. The van der Waals surface area contributed by atoms with Gasteiger partial charge in [-0.15, -0.1) is 0 Å². The minimum atomic E-state index is -0.810. The highest BCUT2D eigenvalue weighted by Gasteiger charge is 2.39. The molecule has 1 aromatic rings. The number of imide groups is 1. The van der Waals surface area contributed by atoms with Gasteiger partial charge in [0, 0.05) is 35.7 Å². The first-order valence-electron chi connectivity index (χ1n) is 11.9. The Labute approximate surface area is 212 Å². The molecule has 14 nitrogen and oxygen atoms in total. The van der Waals surface area contributed by atoms with E-state index in [0.29, 0.717) is 16.8 Å². The van der Waals surface area contributed by atoms with Crippen LogP contribution in [-0.4, -0.2) is 92.0 Å². The van der Waals surface area contributed by atoms with Gasteiger partial charge < -0.3 is 29.5 Å². The summed E-state index contributed by atoms with van der Waals surface area (Å²) in [7, 11) is 0. The number of nitrogens with zero attached hydrogens (tertiary/aromatic N) is 4. The standard InChI is InChI=1S/C23H30N6O8/c24-28-25-6-8-36-13-17(30)14-37-10-9-35-7-5-21(32)26-16-1-2-18-15(11-16)12-29(23(18)34)19-3-4-20(31)27-22(19)33/h1-2,11,17,19,30H,3-10,12-14H2,(H,26,32)(H,27,31,33). The second-order valence-electron chi connectivity index (χ2n) is 8.44. The molecule has 2 aliphatic rings. The predicted molar refractivity (Wildman–Crippen MR) is 128 cm³/mol. The number of aliphatic hydroxyl groups excluding tert-OH is 1. The Morgan fingerprint density at radius 2 is 1.95 bits per heavy atom. The van der Waals surface area contributed by atoms with E-state index in [4.69, 9.17) is 19.7 Å². The van der Waals surface area contributed by atoms with Gasteiger partial charge in [-0.25, -0.2) is 0 Å². The average Bonchev–Trinajstić information content (AvgIpc) is 3.18. The molecule has 2 unspecified atom stereocenters. The lowest BCUT2D eigenvalue weighted by Gasteiger charge is -2.29. The third-order valence-corrected chi connectivity index (χ3v) is 5.67. The summed E-state index contributed by atoms with van der Waals surface area (Å²) >= 11 is 0. The fraction of sp³-hybridized carbons (Fsp3) is 0.565. The number of anilines is 1. The fourth-order valence-electron chi connectivity index (χ4n) is 3.90. The molecular formula is C23H30N6O8. The molecule has 3 rings (SSSR count). The number of aliphatic hydroxyl groups is 1. The molecule has 0 radical (unpaired) electrons. The van der Waals surface area contributed by atoms with Crippen molar-refractivity contribution in [3.05, 3.63) is 39.8 Å². The summed E-state index contributed by atoms with van der Waals surface area (Å²) in [5.74, 6) is -1.35. The molecular weight excluding hydrogens is 488 g/mol. The highest BCUT2D eigenvalue weighted by atomic mass is 16.5. The fourth-order valence-corrected chi connectivity index (χ4v) is 3.90. The number of ether oxygens (including phenoxy) is 3. The number of carbonyl (C=O) groups is 4. The van der Waals surface area contributed by atoms with Crippen molar-refractivity contribution in [2.75, 3.05) is 51.5 Å². The van der Waals surface area contributed by atoms with Gasteiger partial charge in [-0.3, -0.25) is 24.5 Å². The van der Waals surface area contributed by atoms with Gasteiger partial charge in [-0.05, 0) is 35.7 Å². The lowest BCUT2D eigenvalue weighted by molar-refractivity contribution is -0.137. The summed E-state index contributed by atoms with van der Waals surface area (Å²) in [6, 6.07) is 4.26. The zero-order chi connectivity index (χ0) is 26.6. The monoisotopic (exact) mass is 518 g/mol. The number of nitrogens with one attached hydrogen (secondary N) is 2. The molecule has 2 atom stereocenters. The topological polar surface area (TPSA) is 192 Å². The second-order valence-corrected chi connectivity index (χ2v) is 8.44. The van der Waals surface area contributed by atoms with E-state index in [0.717, 1.165) is 0 Å². The van der Waals surface area contributed by atoms with E-state index >= 15 is 0 Å². The van der Waals surface area contributed by atoms with Crippen molar-refractivity contribution in [3.8, 4) is 0 Å². The minimum Gasteiger partial charge on any atom is -0.388 e. The van der Waals surface area contributed by atoms with Crippen LogP contribution in [0.15, 0.2) is 23.3 Å². The summed E-state index contributed by atoms with van der Waals surface area (Å²) in [5, 5.41) is 18.0. The van der Waals surface area contributed by atoms with Gasteiger partial charge >= 0.3 is 0 Å². The minimum absolute atomic E-state index is 0.0627. The van der Waals surface area contributed by atoms with Crippen LogP contribution in [0.5, 0.6) is 0 Å². The van der Waals surface area contributed by atoms with Crippen molar-refractivity contribution in [2.45, 2.75) is 38.0 Å². The molecule has 1 fully saturated rings. The highest BCUT2D eigenvalue weighted by Crippen LogP contribution is 2.29. The first-order chi connectivity index (χ1) is 17.9. The van der Waals surface area contributed by atoms with Crippen LogP contribution >= 0.6 is 0 Å². The normalized spacial score (nSPS) is 17.7. The maximum absolute atomic E-state index is 12.7. The molecule has 0 bridgehead atoms. The Morgan fingerprint density at radius 1 is 1.19 bits per heavy atom. The van der Waals surface area contributed by atoms with Gasteiger partial charge in [0.2, 0.25) is 17.7 Å². The van der Waals surface area contributed by atoms with Crippen LogP contribution in [0.1, 0.15) is 35.2 Å². The van der Waals surface area contributed by atoms with Crippen molar-refractivity contribution < 1.29 is 38.5 Å². The summed E-state index contributed by atoms with van der Waals surface area (Å²) in [6.07, 6.45) is -0.228. The molecule has 37 heavy (non-hydrogen) atoms. The zero-order valence-electron chi connectivity index (χ0n) is 20.3. The van der Waals surface area contributed by atoms with Crippen LogP contribution < -0.4 is 10.6 Å². The SMILES string of the molecule is [N-]=[N+]=NCCOCC(O)COCCOCCC(=O)Nc1ccc2c(c1)CN(C1CCC(=O)NC1=O)C2=O. The summed E-state index contributed by atoms with van der Waals surface area (Å²) in [4.78, 5) is 52.6. The Bertz CT molecular complexity index is 1040. The van der Waals surface area contributed by atoms with Gasteiger partial charge in [0.05, 0.1) is 46.1 Å². The molecule has 0 saturated carbocycles. The van der Waals surface area contributed by atoms with Gasteiger partial charge in [0.25, 0.3) is 5.91 Å². The van der Waals surface area contributed by atoms with E-state index in [1.807, 2.05) is 0 Å². The van der Waals surface area contributed by atoms with Crippen molar-refractivity contribution in [3.63, 3.8) is 0 Å². The molecule has 4 amide bonds. The average molecular weight is 519 g/mol. The molecule has 2 aliphatic heterocycles. The number of piperidine rings is 1. The number of benzene rings is 1. The molecule has 1 aromatic carbocycles. The van der Waals surface area contributed by atoms with Crippen molar-refractivity contribution in [1.29, 1.82) is 0 Å². The largest absolute Gasteiger partial charge is 0.388 e. The van der Waals surface area contributed by atoms with Gasteiger partial charge in [0.15, 0.2) is 0 Å². The number of amides is 4. The number of carbonyl (C=O) groups excluding carboxylic acids is 4. The summed E-state index contributed by atoms with van der Waals surface area (Å²) in [5.41, 5.74) is 9.84. The van der Waals surface area contributed by atoms with Gasteiger partial charge in [0.1, 0.15) is 12.1 Å². The van der Waals surface area contributed by atoms with Crippen molar-refractivity contribution in [1.82, 2.24) is 10.2 Å². The van der Waals surface area contributed by atoms with Gasteiger partial charge in [-0.2, -0.15) is 0 Å². The second kappa shape index (κ2) is 14.3. The van der Waals surface area contributed by atoms with Crippen LogP contribution in [0.3, 0.4) is 0 Å². The quantitative estimate of drug-likeness (QED) is 0.0982. The molecule has 0 aliphatic carbocycles. The molecule has 1 saturated heterocycles. The number of hydrogen-bond donors (Lipinski definition) is 3. The van der Waals surface area contributed by atoms with Crippen LogP contribution in [0.2, 0.25) is 0 Å². The third-order valence-electron chi connectivity index (χ3n) is 5.67. The van der Waals surface area contributed by atoms with E-state index in [-0.39, 0.29) is 89.7 Å². The molecule has 3 N–H and O–H groups in total. The van der Waals surface area contributed by atoms with E-state index < -0.39 is 18.1 Å². The zero-order valence-corrected chi connectivity index (χ0v) is 20.3. The van der Waals surface area contributed by atoms with Crippen molar-refractivity contribution in [2.24, 2.45) is 5.11 Å². The smallest absolute Gasteiger partial charge is 0.255 e. The number of fused-ring (bicyclic) bond motifs is 1. The van der Waals surface area contributed by atoms with Crippen LogP contribution in [-0.2, 0) is 35.1 Å². The molecule has 0 spiro atoms. The summed E-state index contributed by atoms with van der Waals surface area (Å²) in [6.45, 7) is 1.42. The van der Waals surface area contributed by atoms with Crippen LogP contribution in [0.25, 0.3) is 10.4 Å². The van der Waals surface area contributed by atoms with E-state index in [2.05, 4.69) is 20.7 Å². The summed E-state index contributed by atoms with van der Waals surface area (Å²) < 4.78 is 15.8. The van der Waals surface area contributed by atoms with Crippen LogP contribution in [0, 0.1) is 0 Å². The Morgan fingerprint density at radius 3 is 2.70 bits per heavy atom. The Kier molecular flexibility index (Phi) is 10.8. The van der Waals surface area contributed by atoms with Crippen LogP contribution in [0.4, 0.5) is 5.69 Å².